The molecule has 1 aliphatic carbocycles. The van der Waals surface area contributed by atoms with Crippen LogP contribution in [0.1, 0.15) is 67.6 Å². The molecule has 1 atom stereocenters. The highest BCUT2D eigenvalue weighted by Crippen LogP contribution is 2.32. The van der Waals surface area contributed by atoms with Crippen LogP contribution in [0.5, 0.6) is 0 Å². The van der Waals surface area contributed by atoms with E-state index >= 15 is 0 Å². The lowest BCUT2D eigenvalue weighted by molar-refractivity contribution is -0.134. The second kappa shape index (κ2) is 9.88. The molecular weight excluding hydrogens is 455 g/mol. The van der Waals surface area contributed by atoms with Gasteiger partial charge in [0.25, 0.3) is 5.91 Å². The summed E-state index contributed by atoms with van der Waals surface area (Å²) in [6.45, 7) is 4.38. The largest absolute Gasteiger partial charge is 0.351 e. The molecule has 3 aromatic rings. The van der Waals surface area contributed by atoms with E-state index in [1.54, 1.807) is 27.8 Å². The Balaban J connectivity index is 1.49. The lowest BCUT2D eigenvalue weighted by atomic mass is 9.91. The maximum absolute atomic E-state index is 13.9. The maximum Gasteiger partial charge on any atom is 0.273 e. The second-order valence-corrected chi connectivity index (χ2v) is 10.2. The van der Waals surface area contributed by atoms with Crippen LogP contribution in [0.15, 0.2) is 54.6 Å². The molecule has 2 aliphatic rings. The molecule has 0 unspecified atom stereocenters. The summed E-state index contributed by atoms with van der Waals surface area (Å²) in [6, 6.07) is 16.2. The van der Waals surface area contributed by atoms with Gasteiger partial charge in [-0.15, -0.1) is 0 Å². The van der Waals surface area contributed by atoms with E-state index in [1.165, 1.54) is 24.1 Å². The quantitative estimate of drug-likeness (QED) is 0.524. The van der Waals surface area contributed by atoms with Gasteiger partial charge in [-0.25, -0.2) is 4.39 Å². The summed E-state index contributed by atoms with van der Waals surface area (Å²) in [5.74, 6) is -0.756. The van der Waals surface area contributed by atoms with E-state index in [2.05, 4.69) is 24.4 Å². The molecule has 6 nitrogen and oxygen atoms in total. The van der Waals surface area contributed by atoms with Crippen LogP contribution < -0.4 is 5.32 Å². The predicted octanol–water partition coefficient (Wildman–Crippen LogP) is 5.12. The number of carbonyl (C=O) groups excluding carboxylic acids is 2. The summed E-state index contributed by atoms with van der Waals surface area (Å²) in [5.41, 5.74) is 2.96. The van der Waals surface area contributed by atoms with E-state index in [0.717, 1.165) is 43.2 Å². The SMILES string of the molecule is CCc1ccc(-c2cc3n(n2)C[C@@](C)(C(=O)NC2CCCCC2)N(Cc2ccc(F)cc2)C3=O)cc1. The van der Waals surface area contributed by atoms with Crippen molar-refractivity contribution in [1.29, 1.82) is 0 Å². The van der Waals surface area contributed by atoms with Gasteiger partial charge < -0.3 is 10.2 Å². The third kappa shape index (κ3) is 4.66. The zero-order valence-electron chi connectivity index (χ0n) is 21.0. The standard InChI is InChI=1S/C29H33FN4O2/c1-3-20-9-13-22(14-10-20)25-17-26-27(35)33(18-21-11-15-23(30)16-12-21)29(2,19-34(26)32-25)28(36)31-24-7-5-4-6-8-24/h9-17,24H,3-8,18-19H2,1-2H3,(H,31,36)/t29-/m0/s1. The van der Waals surface area contributed by atoms with E-state index in [4.69, 9.17) is 5.10 Å². The number of hydrogen-bond donors (Lipinski definition) is 1. The van der Waals surface area contributed by atoms with E-state index in [0.29, 0.717) is 11.4 Å². The molecule has 1 saturated carbocycles. The fourth-order valence-corrected chi connectivity index (χ4v) is 5.30. The van der Waals surface area contributed by atoms with Gasteiger partial charge >= 0.3 is 0 Å². The van der Waals surface area contributed by atoms with Crippen LogP contribution >= 0.6 is 0 Å². The van der Waals surface area contributed by atoms with E-state index in [-0.39, 0.29) is 36.8 Å². The minimum atomic E-state index is -1.13. The number of nitrogens with one attached hydrogen (secondary N) is 1. The molecule has 1 aliphatic heterocycles. The van der Waals surface area contributed by atoms with Gasteiger partial charge in [-0.2, -0.15) is 5.10 Å². The first kappa shape index (κ1) is 24.2. The average Bonchev–Trinajstić information content (AvgIpc) is 3.32. The Morgan fingerprint density at radius 2 is 1.72 bits per heavy atom. The molecule has 0 bridgehead atoms. The van der Waals surface area contributed by atoms with E-state index in [1.807, 2.05) is 19.1 Å². The highest BCUT2D eigenvalue weighted by Gasteiger charge is 2.48. The molecule has 7 heteroatoms. The topological polar surface area (TPSA) is 67.2 Å². The third-order valence-corrected chi connectivity index (χ3v) is 7.64. The number of aromatic nitrogens is 2. The first-order valence-electron chi connectivity index (χ1n) is 12.9. The van der Waals surface area contributed by atoms with Gasteiger partial charge in [0.05, 0.1) is 12.2 Å². The van der Waals surface area contributed by atoms with Gasteiger partial charge in [0.15, 0.2) is 0 Å². The number of hydrogen-bond acceptors (Lipinski definition) is 3. The van der Waals surface area contributed by atoms with Crippen molar-refractivity contribution in [2.45, 2.75) is 77.0 Å². The van der Waals surface area contributed by atoms with Crippen LogP contribution in [-0.2, 0) is 24.3 Å². The Morgan fingerprint density at radius 1 is 1.06 bits per heavy atom. The average molecular weight is 489 g/mol. The second-order valence-electron chi connectivity index (χ2n) is 10.2. The monoisotopic (exact) mass is 488 g/mol. The number of nitrogens with zero attached hydrogens (tertiary/aromatic N) is 3. The number of amides is 2. The van der Waals surface area contributed by atoms with Gasteiger partial charge in [0.2, 0.25) is 5.91 Å². The molecular formula is C29H33FN4O2. The van der Waals surface area contributed by atoms with Crippen molar-refractivity contribution in [3.05, 3.63) is 77.2 Å². The molecule has 1 aromatic heterocycles. The number of carbonyl (C=O) groups is 2. The summed E-state index contributed by atoms with van der Waals surface area (Å²) in [4.78, 5) is 29.2. The summed E-state index contributed by atoms with van der Waals surface area (Å²) in [5, 5.41) is 7.97. The van der Waals surface area contributed by atoms with Crippen molar-refractivity contribution in [2.75, 3.05) is 0 Å². The van der Waals surface area contributed by atoms with Gasteiger partial charge in [0.1, 0.15) is 17.1 Å². The zero-order valence-corrected chi connectivity index (χ0v) is 21.0. The summed E-state index contributed by atoms with van der Waals surface area (Å²) in [7, 11) is 0. The number of fused-ring (bicyclic) bond motifs is 1. The first-order chi connectivity index (χ1) is 17.4. The minimum Gasteiger partial charge on any atom is -0.351 e. The van der Waals surface area contributed by atoms with Crippen LogP contribution in [0.2, 0.25) is 0 Å². The lowest BCUT2D eigenvalue weighted by Gasteiger charge is -2.44. The summed E-state index contributed by atoms with van der Waals surface area (Å²) >= 11 is 0. The van der Waals surface area contributed by atoms with Gasteiger partial charge in [-0.05, 0) is 55.5 Å². The molecule has 188 valence electrons. The summed E-state index contributed by atoms with van der Waals surface area (Å²) < 4.78 is 15.2. The third-order valence-electron chi connectivity index (χ3n) is 7.64. The molecule has 1 N–H and O–H groups in total. The lowest BCUT2D eigenvalue weighted by Crippen LogP contribution is -2.64. The van der Waals surface area contributed by atoms with E-state index in [9.17, 15) is 14.0 Å². The first-order valence-corrected chi connectivity index (χ1v) is 12.9. The highest BCUT2D eigenvalue weighted by molar-refractivity contribution is 6.00. The highest BCUT2D eigenvalue weighted by atomic mass is 19.1. The Bertz CT molecular complexity index is 1250. The van der Waals surface area contributed by atoms with Crippen LogP contribution in [-0.4, -0.2) is 38.1 Å². The van der Waals surface area contributed by atoms with Gasteiger partial charge in [-0.3, -0.25) is 14.3 Å². The van der Waals surface area contributed by atoms with Gasteiger partial charge in [-0.1, -0.05) is 62.6 Å². The molecule has 36 heavy (non-hydrogen) atoms. The maximum atomic E-state index is 13.9. The van der Waals surface area contributed by atoms with Crippen molar-refractivity contribution in [1.82, 2.24) is 20.0 Å². The van der Waals surface area contributed by atoms with Gasteiger partial charge in [0, 0.05) is 18.2 Å². The molecule has 2 amide bonds. The van der Waals surface area contributed by atoms with Crippen molar-refractivity contribution >= 4 is 11.8 Å². The molecule has 0 spiro atoms. The molecule has 5 rings (SSSR count). The van der Waals surface area contributed by atoms with E-state index < -0.39 is 5.54 Å². The molecule has 2 aromatic carbocycles. The normalized spacial score (nSPS) is 20.3. The van der Waals surface area contributed by atoms with Crippen molar-refractivity contribution in [3.63, 3.8) is 0 Å². The smallest absolute Gasteiger partial charge is 0.273 e. The zero-order chi connectivity index (χ0) is 25.3. The predicted molar refractivity (Wildman–Crippen MR) is 137 cm³/mol. The Kier molecular flexibility index (Phi) is 6.65. The van der Waals surface area contributed by atoms with Crippen LogP contribution in [0.3, 0.4) is 0 Å². The van der Waals surface area contributed by atoms with Crippen molar-refractivity contribution < 1.29 is 14.0 Å². The Labute approximate surface area is 211 Å². The molecule has 0 radical (unpaired) electrons. The number of aryl methyl sites for hydroxylation is 1. The Hall–Kier alpha value is -3.48. The molecule has 1 fully saturated rings. The van der Waals surface area contributed by atoms with Crippen LogP contribution in [0.4, 0.5) is 4.39 Å². The molecule has 0 saturated heterocycles. The van der Waals surface area contributed by atoms with Crippen LogP contribution in [0.25, 0.3) is 11.3 Å². The van der Waals surface area contributed by atoms with Crippen molar-refractivity contribution in [3.8, 4) is 11.3 Å². The number of halogens is 1. The fourth-order valence-electron chi connectivity index (χ4n) is 5.30. The number of rotatable bonds is 6. The fraction of sp³-hybridized carbons (Fsp3) is 0.414. The minimum absolute atomic E-state index is 0.123. The number of benzene rings is 2. The van der Waals surface area contributed by atoms with Crippen LogP contribution in [0, 0.1) is 5.82 Å². The Morgan fingerprint density at radius 3 is 2.39 bits per heavy atom. The van der Waals surface area contributed by atoms with Crippen molar-refractivity contribution in [2.24, 2.45) is 0 Å². The molecule has 2 heterocycles. The summed E-state index contributed by atoms with van der Waals surface area (Å²) in [6.07, 6.45) is 6.26.